The average molecular weight is 410 g/mol. The molecule has 30 heavy (non-hydrogen) atoms. The van der Waals surface area contributed by atoms with Gasteiger partial charge in [0.05, 0.1) is 13.2 Å². The van der Waals surface area contributed by atoms with Crippen molar-refractivity contribution < 1.29 is 23.3 Å². The molecule has 0 unspecified atom stereocenters. The molecule has 0 N–H and O–H groups in total. The molecule has 0 bridgehead atoms. The Morgan fingerprint density at radius 3 is 2.37 bits per heavy atom. The molecule has 0 aliphatic carbocycles. The third-order valence-electron chi connectivity index (χ3n) is 4.65. The molecule has 158 valence electrons. The minimum atomic E-state index is -0.410. The first-order valence-electron chi connectivity index (χ1n) is 9.80. The average Bonchev–Trinajstić information content (AvgIpc) is 2.75. The zero-order valence-electron chi connectivity index (χ0n) is 17.6. The lowest BCUT2D eigenvalue weighted by atomic mass is 9.85. The second-order valence-corrected chi connectivity index (χ2v) is 7.60. The third-order valence-corrected chi connectivity index (χ3v) is 4.65. The molecule has 0 fully saturated rings. The Hall–Kier alpha value is -2.89. The second-order valence-electron chi connectivity index (χ2n) is 7.60. The summed E-state index contributed by atoms with van der Waals surface area (Å²) in [6.45, 7) is 5.18. The molecule has 5 heteroatoms. The molecule has 0 aliphatic heterocycles. The van der Waals surface area contributed by atoms with Crippen LogP contribution in [0.3, 0.4) is 0 Å². The number of hydrogen-bond acceptors (Lipinski definition) is 4. The molecular weight excluding hydrogens is 383 g/mol. The summed E-state index contributed by atoms with van der Waals surface area (Å²) in [5, 5.41) is 0. The van der Waals surface area contributed by atoms with Crippen LogP contribution in [0.5, 0.6) is 17.2 Å². The van der Waals surface area contributed by atoms with E-state index in [1.165, 1.54) is 6.07 Å². The number of para-hydroxylation sites is 2. The fraction of sp³-hybridized carbons (Fsp3) is 0.280. The second kappa shape index (κ2) is 10.2. The summed E-state index contributed by atoms with van der Waals surface area (Å²) >= 11 is 0. The molecule has 0 heterocycles. The Kier molecular flexibility index (Phi) is 7.44. The predicted octanol–water partition coefficient (Wildman–Crippen LogP) is 6.10. The number of methoxy groups -OCH3 is 1. The van der Waals surface area contributed by atoms with E-state index in [0.717, 1.165) is 16.9 Å². The number of hydrogen-bond donors (Lipinski definition) is 0. The molecule has 3 aromatic carbocycles. The molecule has 0 aromatic heterocycles. The van der Waals surface area contributed by atoms with E-state index < -0.39 is 5.82 Å². The minimum Gasteiger partial charge on any atom is -0.467 e. The molecular formula is C25H27FO4. The summed E-state index contributed by atoms with van der Waals surface area (Å²) in [4.78, 5) is 0. The largest absolute Gasteiger partial charge is 0.467 e. The Labute approximate surface area is 177 Å². The number of ether oxygens (including phenoxy) is 4. The van der Waals surface area contributed by atoms with Crippen LogP contribution in [-0.2, 0) is 21.5 Å². The van der Waals surface area contributed by atoms with Crippen LogP contribution in [0.15, 0.2) is 72.8 Å². The van der Waals surface area contributed by atoms with Gasteiger partial charge in [0.25, 0.3) is 0 Å². The normalized spacial score (nSPS) is 11.3. The molecule has 0 radical (unpaired) electrons. The molecule has 0 atom stereocenters. The van der Waals surface area contributed by atoms with Gasteiger partial charge in [-0.2, -0.15) is 0 Å². The summed E-state index contributed by atoms with van der Waals surface area (Å²) in [5.74, 6) is 1.13. The van der Waals surface area contributed by atoms with Crippen molar-refractivity contribution in [3.8, 4) is 17.2 Å². The van der Waals surface area contributed by atoms with Gasteiger partial charge in [-0.15, -0.1) is 0 Å². The summed E-state index contributed by atoms with van der Waals surface area (Å²) < 4.78 is 36.5. The number of benzene rings is 3. The zero-order valence-corrected chi connectivity index (χ0v) is 17.6. The van der Waals surface area contributed by atoms with Gasteiger partial charge in [0.1, 0.15) is 11.5 Å². The van der Waals surface area contributed by atoms with E-state index in [1.807, 2.05) is 42.5 Å². The van der Waals surface area contributed by atoms with Gasteiger partial charge >= 0.3 is 0 Å². The van der Waals surface area contributed by atoms with Gasteiger partial charge in [-0.25, -0.2) is 4.39 Å². The van der Waals surface area contributed by atoms with E-state index >= 15 is 0 Å². The molecule has 0 saturated carbocycles. The fourth-order valence-corrected chi connectivity index (χ4v) is 3.11. The van der Waals surface area contributed by atoms with Crippen molar-refractivity contribution in [1.82, 2.24) is 0 Å². The first-order chi connectivity index (χ1) is 14.5. The SMILES string of the molecule is COCOc1ccccc1C(C)(C)COCc1ccc(F)c(Oc2ccccc2)c1. The van der Waals surface area contributed by atoms with Gasteiger partial charge in [-0.1, -0.05) is 56.3 Å². The lowest BCUT2D eigenvalue weighted by molar-refractivity contribution is 0.0466. The van der Waals surface area contributed by atoms with Gasteiger partial charge in [-0.05, 0) is 35.9 Å². The molecule has 4 nitrogen and oxygen atoms in total. The maximum Gasteiger partial charge on any atom is 0.188 e. The van der Waals surface area contributed by atoms with Crippen molar-refractivity contribution in [2.24, 2.45) is 0 Å². The van der Waals surface area contributed by atoms with Crippen molar-refractivity contribution in [1.29, 1.82) is 0 Å². The van der Waals surface area contributed by atoms with E-state index in [1.54, 1.807) is 31.4 Å². The number of rotatable bonds is 10. The molecule has 0 aliphatic rings. The van der Waals surface area contributed by atoms with E-state index in [0.29, 0.717) is 19.0 Å². The van der Waals surface area contributed by atoms with Gasteiger partial charge in [0, 0.05) is 18.1 Å². The first kappa shape index (κ1) is 21.8. The van der Waals surface area contributed by atoms with Crippen LogP contribution in [0, 0.1) is 5.82 Å². The lowest BCUT2D eigenvalue weighted by Crippen LogP contribution is -2.25. The van der Waals surface area contributed by atoms with E-state index in [4.69, 9.17) is 18.9 Å². The Balaban J connectivity index is 1.64. The maximum atomic E-state index is 14.1. The van der Waals surface area contributed by atoms with Crippen molar-refractivity contribution in [2.45, 2.75) is 25.9 Å². The molecule has 3 rings (SSSR count). The van der Waals surface area contributed by atoms with Crippen LogP contribution >= 0.6 is 0 Å². The highest BCUT2D eigenvalue weighted by Crippen LogP contribution is 2.32. The van der Waals surface area contributed by atoms with Crippen molar-refractivity contribution in [3.05, 3.63) is 89.7 Å². The van der Waals surface area contributed by atoms with Gasteiger partial charge in [0.15, 0.2) is 18.4 Å². The van der Waals surface area contributed by atoms with Crippen LogP contribution in [-0.4, -0.2) is 20.5 Å². The van der Waals surface area contributed by atoms with Crippen LogP contribution in [0.4, 0.5) is 4.39 Å². The van der Waals surface area contributed by atoms with Gasteiger partial charge in [-0.3, -0.25) is 0 Å². The van der Waals surface area contributed by atoms with Crippen LogP contribution in [0.1, 0.15) is 25.0 Å². The Morgan fingerprint density at radius 1 is 0.867 bits per heavy atom. The topological polar surface area (TPSA) is 36.9 Å². The molecule has 3 aromatic rings. The van der Waals surface area contributed by atoms with Crippen LogP contribution in [0.2, 0.25) is 0 Å². The van der Waals surface area contributed by atoms with Gasteiger partial charge in [0.2, 0.25) is 0 Å². The zero-order chi connectivity index (χ0) is 21.4. The van der Waals surface area contributed by atoms with Crippen LogP contribution < -0.4 is 9.47 Å². The monoisotopic (exact) mass is 410 g/mol. The van der Waals surface area contributed by atoms with Crippen LogP contribution in [0.25, 0.3) is 0 Å². The van der Waals surface area contributed by atoms with E-state index in [2.05, 4.69) is 13.8 Å². The standard InChI is InChI=1S/C25H27FO4/c1-25(2,21-11-7-8-12-23(21)29-18-27-3)17-28-16-19-13-14-22(26)24(15-19)30-20-9-5-4-6-10-20/h4-15H,16-18H2,1-3H3. The maximum absolute atomic E-state index is 14.1. The quantitative estimate of drug-likeness (QED) is 0.379. The molecule has 0 spiro atoms. The van der Waals surface area contributed by atoms with Gasteiger partial charge < -0.3 is 18.9 Å². The summed E-state index contributed by atoms with van der Waals surface area (Å²) in [6, 6.07) is 21.8. The van der Waals surface area contributed by atoms with Crippen molar-refractivity contribution >= 4 is 0 Å². The highest BCUT2D eigenvalue weighted by molar-refractivity contribution is 5.39. The third kappa shape index (κ3) is 5.81. The summed E-state index contributed by atoms with van der Waals surface area (Å²) in [7, 11) is 1.59. The highest BCUT2D eigenvalue weighted by atomic mass is 19.1. The molecule has 0 saturated heterocycles. The highest BCUT2D eigenvalue weighted by Gasteiger charge is 2.25. The Bertz CT molecular complexity index is 941. The minimum absolute atomic E-state index is 0.180. The fourth-order valence-electron chi connectivity index (χ4n) is 3.11. The predicted molar refractivity (Wildman–Crippen MR) is 115 cm³/mol. The Morgan fingerprint density at radius 2 is 1.60 bits per heavy atom. The first-order valence-corrected chi connectivity index (χ1v) is 9.80. The van der Waals surface area contributed by atoms with E-state index in [9.17, 15) is 4.39 Å². The van der Waals surface area contributed by atoms with E-state index in [-0.39, 0.29) is 18.0 Å². The molecule has 0 amide bonds. The van der Waals surface area contributed by atoms with Crippen molar-refractivity contribution in [3.63, 3.8) is 0 Å². The summed E-state index contributed by atoms with van der Waals surface area (Å²) in [5.41, 5.74) is 1.59. The lowest BCUT2D eigenvalue weighted by Gasteiger charge is -2.27. The smallest absolute Gasteiger partial charge is 0.188 e. The van der Waals surface area contributed by atoms with Crippen molar-refractivity contribution in [2.75, 3.05) is 20.5 Å². The number of halogens is 1. The summed E-state index contributed by atoms with van der Waals surface area (Å²) in [6.07, 6.45) is 0.